The molecule has 0 radical (unpaired) electrons. The molecule has 1 aromatic heterocycles. The Kier molecular flexibility index (Phi) is 6.79. The Morgan fingerprint density at radius 1 is 1.26 bits per heavy atom. The molecule has 1 aromatic carbocycles. The maximum Gasteiger partial charge on any atom is 0.241 e. The number of nitrogens with two attached hydrogens (primary N) is 1. The predicted octanol–water partition coefficient (Wildman–Crippen LogP) is 2.13. The Bertz CT molecular complexity index is 664. The number of halogens is 1. The van der Waals surface area contributed by atoms with Gasteiger partial charge in [0, 0.05) is 19.3 Å². The van der Waals surface area contributed by atoms with Crippen LogP contribution in [0.5, 0.6) is 0 Å². The molecular formula is C17H25ClN4O. The number of nitrogens with zero attached hydrogens (tertiary/aromatic N) is 2. The zero-order valence-electron chi connectivity index (χ0n) is 14.1. The molecule has 5 nitrogen and oxygen atoms in total. The summed E-state index contributed by atoms with van der Waals surface area (Å²) in [7, 11) is 1.93. The van der Waals surface area contributed by atoms with Crippen LogP contribution in [0.15, 0.2) is 24.3 Å². The highest BCUT2D eigenvalue weighted by atomic mass is 35.5. The molecule has 1 atom stereocenters. The molecule has 2 aromatic rings. The Balaban J connectivity index is 0.00000264. The van der Waals surface area contributed by atoms with Crippen LogP contribution in [-0.4, -0.2) is 22.2 Å². The lowest BCUT2D eigenvalue weighted by Gasteiger charge is -2.13. The van der Waals surface area contributed by atoms with E-state index in [9.17, 15) is 4.79 Å². The van der Waals surface area contributed by atoms with E-state index in [0.717, 1.165) is 28.9 Å². The summed E-state index contributed by atoms with van der Waals surface area (Å²) < 4.78 is 1.87. The summed E-state index contributed by atoms with van der Waals surface area (Å²) in [4.78, 5) is 12.1. The Hall–Kier alpha value is -1.85. The molecule has 0 aliphatic rings. The van der Waals surface area contributed by atoms with Crippen molar-refractivity contribution < 1.29 is 4.79 Å². The molecule has 1 unspecified atom stereocenters. The van der Waals surface area contributed by atoms with Crippen LogP contribution in [0.1, 0.15) is 34.1 Å². The number of hydrogen-bond donors (Lipinski definition) is 2. The van der Waals surface area contributed by atoms with Crippen LogP contribution < -0.4 is 11.1 Å². The SMILES string of the molecule is Cc1ccc(C(N)C(=O)NCCc2c(C)nn(C)c2C)cc1.Cl. The smallest absolute Gasteiger partial charge is 0.241 e. The minimum atomic E-state index is -0.628. The number of carbonyl (C=O) groups excluding carboxylic acids is 1. The number of carbonyl (C=O) groups is 1. The van der Waals surface area contributed by atoms with E-state index >= 15 is 0 Å². The summed E-state index contributed by atoms with van der Waals surface area (Å²) >= 11 is 0. The molecular weight excluding hydrogens is 312 g/mol. The second kappa shape index (κ2) is 8.13. The first-order valence-corrected chi connectivity index (χ1v) is 7.49. The maximum absolute atomic E-state index is 12.1. The highest BCUT2D eigenvalue weighted by Gasteiger charge is 2.16. The van der Waals surface area contributed by atoms with E-state index < -0.39 is 6.04 Å². The van der Waals surface area contributed by atoms with Gasteiger partial charge in [0.25, 0.3) is 0 Å². The number of amides is 1. The minimum Gasteiger partial charge on any atom is -0.354 e. The molecule has 0 bridgehead atoms. The molecule has 0 aliphatic heterocycles. The molecule has 0 saturated heterocycles. The average molecular weight is 337 g/mol. The molecule has 1 heterocycles. The first-order valence-electron chi connectivity index (χ1n) is 7.49. The van der Waals surface area contributed by atoms with Crippen LogP contribution in [0.4, 0.5) is 0 Å². The third-order valence-corrected chi connectivity index (χ3v) is 4.05. The molecule has 0 fully saturated rings. The first kappa shape index (κ1) is 19.2. The van der Waals surface area contributed by atoms with Gasteiger partial charge in [0.2, 0.25) is 5.91 Å². The zero-order valence-corrected chi connectivity index (χ0v) is 14.9. The molecule has 2 rings (SSSR count). The lowest BCUT2D eigenvalue weighted by molar-refractivity contribution is -0.122. The van der Waals surface area contributed by atoms with Crippen LogP contribution in [0.2, 0.25) is 0 Å². The van der Waals surface area contributed by atoms with Crippen LogP contribution in [-0.2, 0) is 18.3 Å². The van der Waals surface area contributed by atoms with Crippen molar-refractivity contribution in [3.8, 4) is 0 Å². The van der Waals surface area contributed by atoms with Crippen LogP contribution in [0, 0.1) is 20.8 Å². The molecule has 0 aliphatic carbocycles. The van der Waals surface area contributed by atoms with E-state index in [1.54, 1.807) is 0 Å². The third kappa shape index (κ3) is 4.56. The van der Waals surface area contributed by atoms with Gasteiger partial charge in [-0.05, 0) is 38.3 Å². The normalized spacial score (nSPS) is 11.7. The van der Waals surface area contributed by atoms with Crippen molar-refractivity contribution in [2.45, 2.75) is 33.2 Å². The summed E-state index contributed by atoms with van der Waals surface area (Å²) in [6.45, 7) is 6.59. The number of aromatic nitrogens is 2. The highest BCUT2D eigenvalue weighted by molar-refractivity contribution is 5.85. The van der Waals surface area contributed by atoms with Gasteiger partial charge >= 0.3 is 0 Å². The first-order chi connectivity index (χ1) is 10.4. The fraction of sp³-hybridized carbons (Fsp3) is 0.412. The molecule has 0 spiro atoms. The van der Waals surface area contributed by atoms with Crippen molar-refractivity contribution in [1.29, 1.82) is 0 Å². The number of nitrogens with one attached hydrogen (secondary N) is 1. The molecule has 0 saturated carbocycles. The quantitative estimate of drug-likeness (QED) is 0.878. The van der Waals surface area contributed by atoms with E-state index in [2.05, 4.69) is 10.4 Å². The zero-order chi connectivity index (χ0) is 16.3. The predicted molar refractivity (Wildman–Crippen MR) is 94.8 cm³/mol. The van der Waals surface area contributed by atoms with Crippen LogP contribution in [0.3, 0.4) is 0 Å². The van der Waals surface area contributed by atoms with E-state index in [1.165, 1.54) is 5.56 Å². The summed E-state index contributed by atoms with van der Waals surface area (Å²) in [6, 6.07) is 7.09. The summed E-state index contributed by atoms with van der Waals surface area (Å²) in [5.74, 6) is -0.150. The minimum absolute atomic E-state index is 0. The summed E-state index contributed by atoms with van der Waals surface area (Å²) in [6.07, 6.45) is 0.762. The van der Waals surface area contributed by atoms with E-state index in [0.29, 0.717) is 6.54 Å². The Labute approximate surface area is 143 Å². The maximum atomic E-state index is 12.1. The number of benzene rings is 1. The number of rotatable bonds is 5. The van der Waals surface area contributed by atoms with Crippen molar-refractivity contribution in [2.24, 2.45) is 12.8 Å². The highest BCUT2D eigenvalue weighted by Crippen LogP contribution is 2.13. The molecule has 6 heteroatoms. The monoisotopic (exact) mass is 336 g/mol. The third-order valence-electron chi connectivity index (χ3n) is 4.05. The van der Waals surface area contributed by atoms with Gasteiger partial charge in [0.15, 0.2) is 0 Å². The largest absolute Gasteiger partial charge is 0.354 e. The van der Waals surface area contributed by atoms with Gasteiger partial charge in [0.05, 0.1) is 5.69 Å². The van der Waals surface area contributed by atoms with Gasteiger partial charge in [-0.1, -0.05) is 29.8 Å². The molecule has 126 valence electrons. The molecule has 23 heavy (non-hydrogen) atoms. The number of hydrogen-bond acceptors (Lipinski definition) is 3. The van der Waals surface area contributed by atoms with Gasteiger partial charge in [-0.25, -0.2) is 0 Å². The van der Waals surface area contributed by atoms with Crippen molar-refractivity contribution >= 4 is 18.3 Å². The second-order valence-electron chi connectivity index (χ2n) is 5.70. The van der Waals surface area contributed by atoms with E-state index in [1.807, 2.05) is 56.8 Å². The standard InChI is InChI=1S/C17H24N4O.ClH/c1-11-5-7-14(8-6-11)16(18)17(22)19-10-9-15-12(2)20-21(4)13(15)3;/h5-8,16H,9-10,18H2,1-4H3,(H,19,22);1H. The molecule has 1 amide bonds. The fourth-order valence-corrected chi connectivity index (χ4v) is 2.53. The van der Waals surface area contributed by atoms with Crippen molar-refractivity contribution in [1.82, 2.24) is 15.1 Å². The van der Waals surface area contributed by atoms with Crippen molar-refractivity contribution in [3.63, 3.8) is 0 Å². The van der Waals surface area contributed by atoms with Gasteiger partial charge < -0.3 is 11.1 Å². The van der Waals surface area contributed by atoms with Gasteiger partial charge in [0.1, 0.15) is 6.04 Å². The van der Waals surface area contributed by atoms with Crippen LogP contribution >= 0.6 is 12.4 Å². The van der Waals surface area contributed by atoms with E-state index in [-0.39, 0.29) is 18.3 Å². The Morgan fingerprint density at radius 3 is 2.39 bits per heavy atom. The topological polar surface area (TPSA) is 72.9 Å². The number of aryl methyl sites for hydroxylation is 3. The van der Waals surface area contributed by atoms with Crippen LogP contribution in [0.25, 0.3) is 0 Å². The van der Waals surface area contributed by atoms with E-state index in [4.69, 9.17) is 5.73 Å². The van der Waals surface area contributed by atoms with Gasteiger partial charge in [-0.15, -0.1) is 12.4 Å². The van der Waals surface area contributed by atoms with Crippen molar-refractivity contribution in [3.05, 3.63) is 52.3 Å². The average Bonchev–Trinajstić information content (AvgIpc) is 2.73. The molecule has 3 N–H and O–H groups in total. The Morgan fingerprint density at radius 2 is 1.87 bits per heavy atom. The van der Waals surface area contributed by atoms with Crippen molar-refractivity contribution in [2.75, 3.05) is 6.54 Å². The lowest BCUT2D eigenvalue weighted by Crippen LogP contribution is -2.35. The van der Waals surface area contributed by atoms with Gasteiger partial charge in [-0.2, -0.15) is 5.10 Å². The lowest BCUT2D eigenvalue weighted by atomic mass is 10.1. The summed E-state index contributed by atoms with van der Waals surface area (Å²) in [5, 5.41) is 7.29. The van der Waals surface area contributed by atoms with Gasteiger partial charge in [-0.3, -0.25) is 9.48 Å². The summed E-state index contributed by atoms with van der Waals surface area (Å²) in [5.41, 5.74) is 11.3. The second-order valence-corrected chi connectivity index (χ2v) is 5.70. The fourth-order valence-electron chi connectivity index (χ4n) is 2.53.